The number of hydrogen-bond acceptors (Lipinski definition) is 2. The first-order valence-electron chi connectivity index (χ1n) is 5.51. The van der Waals surface area contributed by atoms with Gasteiger partial charge in [-0.2, -0.15) is 0 Å². The van der Waals surface area contributed by atoms with Crippen LogP contribution in [0.15, 0.2) is 24.3 Å². The van der Waals surface area contributed by atoms with Crippen LogP contribution < -0.4 is 5.73 Å². The molecule has 15 heavy (non-hydrogen) atoms. The highest BCUT2D eigenvalue weighted by molar-refractivity contribution is 5.21. The van der Waals surface area contributed by atoms with Crippen molar-refractivity contribution in [2.24, 2.45) is 5.73 Å². The zero-order valence-electron chi connectivity index (χ0n) is 8.82. The van der Waals surface area contributed by atoms with E-state index in [-0.39, 0.29) is 11.9 Å². The molecule has 1 aliphatic rings. The Kier molecular flexibility index (Phi) is 3.34. The van der Waals surface area contributed by atoms with Crippen molar-refractivity contribution in [2.45, 2.75) is 18.9 Å². The predicted octanol–water partition coefficient (Wildman–Crippen LogP) is 1.92. The lowest BCUT2D eigenvalue weighted by Gasteiger charge is -2.26. The van der Waals surface area contributed by atoms with Gasteiger partial charge in [0.2, 0.25) is 0 Å². The van der Waals surface area contributed by atoms with Crippen molar-refractivity contribution in [3.05, 3.63) is 35.6 Å². The Balaban J connectivity index is 2.22. The van der Waals surface area contributed by atoms with E-state index in [0.29, 0.717) is 6.54 Å². The maximum atomic E-state index is 13.6. The Labute approximate surface area is 89.9 Å². The summed E-state index contributed by atoms with van der Waals surface area (Å²) in [4.78, 5) is 2.28. The van der Waals surface area contributed by atoms with Gasteiger partial charge in [-0.3, -0.25) is 4.90 Å². The summed E-state index contributed by atoms with van der Waals surface area (Å²) in [5, 5.41) is 0. The summed E-state index contributed by atoms with van der Waals surface area (Å²) < 4.78 is 13.6. The second-order valence-corrected chi connectivity index (χ2v) is 4.02. The molecule has 1 heterocycles. The lowest BCUT2D eigenvalue weighted by Crippen LogP contribution is -2.31. The number of benzene rings is 1. The first kappa shape index (κ1) is 10.6. The van der Waals surface area contributed by atoms with Crippen molar-refractivity contribution >= 4 is 0 Å². The third kappa shape index (κ3) is 2.19. The van der Waals surface area contributed by atoms with Gasteiger partial charge in [0.05, 0.1) is 0 Å². The summed E-state index contributed by atoms with van der Waals surface area (Å²) in [5.74, 6) is -0.139. The lowest BCUT2D eigenvalue weighted by atomic mass is 10.1. The molecule has 2 rings (SSSR count). The van der Waals surface area contributed by atoms with Gasteiger partial charge in [0.15, 0.2) is 0 Å². The highest BCUT2D eigenvalue weighted by atomic mass is 19.1. The highest BCUT2D eigenvalue weighted by Gasteiger charge is 2.23. The SMILES string of the molecule is NCC(c1ccccc1F)N1CCCC1. The van der Waals surface area contributed by atoms with Crippen LogP contribution in [0.1, 0.15) is 24.4 Å². The molecule has 1 aliphatic heterocycles. The molecule has 3 heteroatoms. The molecule has 1 atom stereocenters. The first-order valence-corrected chi connectivity index (χ1v) is 5.51. The van der Waals surface area contributed by atoms with Crippen LogP contribution in [-0.2, 0) is 0 Å². The average Bonchev–Trinajstić information content (AvgIpc) is 2.75. The maximum absolute atomic E-state index is 13.6. The molecule has 0 aromatic heterocycles. The second kappa shape index (κ2) is 4.73. The fourth-order valence-corrected chi connectivity index (χ4v) is 2.27. The smallest absolute Gasteiger partial charge is 0.128 e. The van der Waals surface area contributed by atoms with Gasteiger partial charge in [-0.05, 0) is 32.0 Å². The van der Waals surface area contributed by atoms with Crippen molar-refractivity contribution in [2.75, 3.05) is 19.6 Å². The van der Waals surface area contributed by atoms with Crippen molar-refractivity contribution in [1.82, 2.24) is 4.90 Å². The zero-order valence-corrected chi connectivity index (χ0v) is 8.82. The van der Waals surface area contributed by atoms with Crippen molar-refractivity contribution in [3.8, 4) is 0 Å². The maximum Gasteiger partial charge on any atom is 0.128 e. The highest BCUT2D eigenvalue weighted by Crippen LogP contribution is 2.25. The summed E-state index contributed by atoms with van der Waals surface area (Å²) in [6.45, 7) is 2.56. The molecule has 0 amide bonds. The Morgan fingerprint density at radius 2 is 1.93 bits per heavy atom. The number of hydrogen-bond donors (Lipinski definition) is 1. The third-order valence-corrected chi connectivity index (χ3v) is 3.07. The molecule has 1 aromatic rings. The van der Waals surface area contributed by atoms with Gasteiger partial charge in [-0.25, -0.2) is 4.39 Å². The number of nitrogens with two attached hydrogens (primary N) is 1. The lowest BCUT2D eigenvalue weighted by molar-refractivity contribution is 0.246. The molecule has 0 spiro atoms. The van der Waals surface area contributed by atoms with E-state index in [1.54, 1.807) is 6.07 Å². The molecule has 0 saturated carbocycles. The van der Waals surface area contributed by atoms with Gasteiger partial charge in [-0.1, -0.05) is 18.2 Å². The number of halogens is 1. The molecule has 2 N–H and O–H groups in total. The van der Waals surface area contributed by atoms with E-state index in [1.165, 1.54) is 18.9 Å². The van der Waals surface area contributed by atoms with Crippen molar-refractivity contribution < 1.29 is 4.39 Å². The fraction of sp³-hybridized carbons (Fsp3) is 0.500. The standard InChI is InChI=1S/C12H17FN2/c13-11-6-2-1-5-10(11)12(9-14)15-7-3-4-8-15/h1-2,5-6,12H,3-4,7-9,14H2. The molecule has 0 aliphatic carbocycles. The summed E-state index contributed by atoms with van der Waals surface area (Å²) >= 11 is 0. The Morgan fingerprint density at radius 1 is 1.27 bits per heavy atom. The molecule has 0 bridgehead atoms. The molecule has 0 radical (unpaired) electrons. The van der Waals surface area contributed by atoms with Crippen molar-refractivity contribution in [1.29, 1.82) is 0 Å². The van der Waals surface area contributed by atoms with E-state index in [1.807, 2.05) is 12.1 Å². The minimum Gasteiger partial charge on any atom is -0.329 e. The Hall–Kier alpha value is -0.930. The van der Waals surface area contributed by atoms with E-state index in [9.17, 15) is 4.39 Å². The van der Waals surface area contributed by atoms with Crippen molar-refractivity contribution in [3.63, 3.8) is 0 Å². The van der Waals surface area contributed by atoms with Gasteiger partial charge in [0, 0.05) is 18.2 Å². The van der Waals surface area contributed by atoms with E-state index in [4.69, 9.17) is 5.73 Å². The van der Waals surface area contributed by atoms with Crippen LogP contribution in [0.5, 0.6) is 0 Å². The fourth-order valence-electron chi connectivity index (χ4n) is 2.27. The topological polar surface area (TPSA) is 29.3 Å². The number of likely N-dealkylation sites (tertiary alicyclic amines) is 1. The van der Waals surface area contributed by atoms with E-state index in [0.717, 1.165) is 18.7 Å². The predicted molar refractivity (Wildman–Crippen MR) is 59.0 cm³/mol. The van der Waals surface area contributed by atoms with E-state index < -0.39 is 0 Å². The molecule has 1 saturated heterocycles. The number of nitrogens with zero attached hydrogens (tertiary/aromatic N) is 1. The summed E-state index contributed by atoms with van der Waals surface area (Å²) in [6, 6.07) is 6.99. The molecular formula is C12H17FN2. The molecule has 1 fully saturated rings. The summed E-state index contributed by atoms with van der Waals surface area (Å²) in [6.07, 6.45) is 2.40. The normalized spacial score (nSPS) is 19.3. The van der Waals surface area contributed by atoms with Gasteiger partial charge in [0.1, 0.15) is 5.82 Å². The van der Waals surface area contributed by atoms with Gasteiger partial charge in [-0.15, -0.1) is 0 Å². The largest absolute Gasteiger partial charge is 0.329 e. The van der Waals surface area contributed by atoms with Gasteiger partial charge in [0.25, 0.3) is 0 Å². The minimum absolute atomic E-state index is 0.0497. The van der Waals surface area contributed by atoms with Crippen LogP contribution in [0.2, 0.25) is 0 Å². The average molecular weight is 208 g/mol. The van der Waals surface area contributed by atoms with Crippen LogP contribution >= 0.6 is 0 Å². The third-order valence-electron chi connectivity index (χ3n) is 3.07. The second-order valence-electron chi connectivity index (χ2n) is 4.02. The van der Waals surface area contributed by atoms with Crippen LogP contribution in [0.25, 0.3) is 0 Å². The van der Waals surface area contributed by atoms with Crippen LogP contribution in [0.4, 0.5) is 4.39 Å². The summed E-state index contributed by atoms with van der Waals surface area (Å²) in [5.41, 5.74) is 6.48. The molecule has 2 nitrogen and oxygen atoms in total. The van der Waals surface area contributed by atoms with Crippen LogP contribution in [-0.4, -0.2) is 24.5 Å². The molecular weight excluding hydrogens is 191 g/mol. The molecule has 1 aromatic carbocycles. The van der Waals surface area contributed by atoms with E-state index >= 15 is 0 Å². The Morgan fingerprint density at radius 3 is 2.53 bits per heavy atom. The molecule has 82 valence electrons. The quantitative estimate of drug-likeness (QED) is 0.822. The number of rotatable bonds is 3. The van der Waals surface area contributed by atoms with Gasteiger partial charge < -0.3 is 5.73 Å². The van der Waals surface area contributed by atoms with Crippen LogP contribution in [0, 0.1) is 5.82 Å². The van der Waals surface area contributed by atoms with E-state index in [2.05, 4.69) is 4.90 Å². The zero-order chi connectivity index (χ0) is 10.7. The summed E-state index contributed by atoms with van der Waals surface area (Å²) in [7, 11) is 0. The van der Waals surface area contributed by atoms with Gasteiger partial charge >= 0.3 is 0 Å². The molecule has 1 unspecified atom stereocenters. The first-order chi connectivity index (χ1) is 7.33. The monoisotopic (exact) mass is 208 g/mol. The minimum atomic E-state index is -0.139. The Bertz CT molecular complexity index is 321. The van der Waals surface area contributed by atoms with Crippen LogP contribution in [0.3, 0.4) is 0 Å².